The molecule has 0 spiro atoms. The van der Waals surface area contributed by atoms with Crippen molar-refractivity contribution in [1.29, 1.82) is 0 Å². The van der Waals surface area contributed by atoms with Gasteiger partial charge in [0.1, 0.15) is 5.75 Å². The second-order valence-corrected chi connectivity index (χ2v) is 5.01. The Balaban J connectivity index is 2.03. The minimum Gasteiger partial charge on any atom is -0.493 e. The molecule has 1 fully saturated rings. The summed E-state index contributed by atoms with van der Waals surface area (Å²) in [4.78, 5) is 11.5. The van der Waals surface area contributed by atoms with Gasteiger partial charge in [0.25, 0.3) is 0 Å². The van der Waals surface area contributed by atoms with Gasteiger partial charge in [-0.05, 0) is 43.2 Å². The molecule has 0 unspecified atom stereocenters. The van der Waals surface area contributed by atoms with Crippen LogP contribution in [0.1, 0.15) is 30.1 Å². The van der Waals surface area contributed by atoms with Crippen LogP contribution in [0.5, 0.6) is 5.75 Å². The summed E-state index contributed by atoms with van der Waals surface area (Å²) in [7, 11) is 0. The average molecular weight is 240 g/mol. The first-order valence-corrected chi connectivity index (χ1v) is 6.40. The number of carbonyl (C=O) groups excluding carboxylic acids is 1. The van der Waals surface area contributed by atoms with Gasteiger partial charge in [-0.1, -0.05) is 24.3 Å². The first kappa shape index (κ1) is 11.3. The summed E-state index contributed by atoms with van der Waals surface area (Å²) < 4.78 is 5.88. The van der Waals surface area contributed by atoms with Crippen LogP contribution in [0.4, 0.5) is 0 Å². The van der Waals surface area contributed by atoms with Crippen molar-refractivity contribution in [3.8, 4) is 5.75 Å². The van der Waals surface area contributed by atoms with Crippen molar-refractivity contribution in [2.45, 2.75) is 19.8 Å². The molecule has 1 aliphatic carbocycles. The fraction of sp³-hybridized carbons (Fsp3) is 0.312. The smallest absolute Gasteiger partial charge is 0.159 e. The van der Waals surface area contributed by atoms with Gasteiger partial charge in [0.2, 0.25) is 0 Å². The quantitative estimate of drug-likeness (QED) is 0.759. The molecule has 0 saturated heterocycles. The highest BCUT2D eigenvalue weighted by atomic mass is 16.5. The van der Waals surface area contributed by atoms with Crippen molar-refractivity contribution in [3.05, 3.63) is 42.0 Å². The number of benzene rings is 2. The van der Waals surface area contributed by atoms with Gasteiger partial charge in [-0.15, -0.1) is 0 Å². The number of hydrogen-bond acceptors (Lipinski definition) is 2. The van der Waals surface area contributed by atoms with E-state index in [1.54, 1.807) is 6.92 Å². The van der Waals surface area contributed by atoms with Crippen LogP contribution in [0.15, 0.2) is 36.4 Å². The van der Waals surface area contributed by atoms with E-state index in [1.807, 2.05) is 36.4 Å². The molecule has 0 amide bonds. The van der Waals surface area contributed by atoms with Gasteiger partial charge in [0.05, 0.1) is 6.61 Å². The summed E-state index contributed by atoms with van der Waals surface area (Å²) in [5.74, 6) is 1.63. The van der Waals surface area contributed by atoms with Crippen LogP contribution < -0.4 is 4.74 Å². The van der Waals surface area contributed by atoms with E-state index in [-0.39, 0.29) is 5.78 Å². The van der Waals surface area contributed by atoms with Crippen molar-refractivity contribution in [3.63, 3.8) is 0 Å². The lowest BCUT2D eigenvalue weighted by Crippen LogP contribution is -2.01. The molecule has 3 rings (SSSR count). The number of ketones is 1. The number of ether oxygens (including phenoxy) is 1. The van der Waals surface area contributed by atoms with Crippen molar-refractivity contribution in [2.75, 3.05) is 6.61 Å². The number of fused-ring (bicyclic) bond motifs is 1. The molecule has 0 aromatic heterocycles. The molecule has 2 aromatic carbocycles. The van der Waals surface area contributed by atoms with Crippen molar-refractivity contribution < 1.29 is 9.53 Å². The molecule has 18 heavy (non-hydrogen) atoms. The largest absolute Gasteiger partial charge is 0.493 e. The Hall–Kier alpha value is -1.83. The Labute approximate surface area is 107 Å². The highest BCUT2D eigenvalue weighted by Gasteiger charge is 2.22. The monoisotopic (exact) mass is 240 g/mol. The van der Waals surface area contributed by atoms with Gasteiger partial charge < -0.3 is 4.74 Å². The summed E-state index contributed by atoms with van der Waals surface area (Å²) in [5, 5.41) is 2.15. The fourth-order valence-corrected chi connectivity index (χ4v) is 2.09. The lowest BCUT2D eigenvalue weighted by molar-refractivity contribution is 0.101. The summed E-state index contributed by atoms with van der Waals surface area (Å²) in [6.45, 7) is 2.36. The zero-order chi connectivity index (χ0) is 12.5. The second kappa shape index (κ2) is 4.45. The zero-order valence-corrected chi connectivity index (χ0v) is 10.5. The normalized spacial score (nSPS) is 14.7. The van der Waals surface area contributed by atoms with Crippen LogP contribution in [0, 0.1) is 5.92 Å². The molecule has 2 heteroatoms. The zero-order valence-electron chi connectivity index (χ0n) is 10.5. The summed E-state index contributed by atoms with van der Waals surface area (Å²) in [6, 6.07) is 11.8. The molecule has 0 atom stereocenters. The molecule has 0 N–H and O–H groups in total. The van der Waals surface area contributed by atoms with Crippen LogP contribution in [0.25, 0.3) is 10.8 Å². The third-order valence-electron chi connectivity index (χ3n) is 3.40. The Bertz CT molecular complexity index is 597. The molecule has 2 nitrogen and oxygen atoms in total. The Kier molecular flexibility index (Phi) is 2.78. The highest BCUT2D eigenvalue weighted by molar-refractivity contribution is 6.00. The fourth-order valence-electron chi connectivity index (χ4n) is 2.09. The minimum absolute atomic E-state index is 0.0806. The van der Waals surface area contributed by atoms with E-state index in [0.29, 0.717) is 5.92 Å². The summed E-state index contributed by atoms with van der Waals surface area (Å²) in [5.41, 5.74) is 0.722. The summed E-state index contributed by atoms with van der Waals surface area (Å²) >= 11 is 0. The van der Waals surface area contributed by atoms with E-state index in [1.165, 1.54) is 12.8 Å². The lowest BCUT2D eigenvalue weighted by Gasteiger charge is -2.10. The van der Waals surface area contributed by atoms with Crippen molar-refractivity contribution >= 4 is 16.6 Å². The SMILES string of the molecule is CC(=O)c1cc(OCC2CC2)c2ccccc2c1. The van der Waals surface area contributed by atoms with E-state index in [2.05, 4.69) is 0 Å². The van der Waals surface area contributed by atoms with Crippen molar-refractivity contribution in [1.82, 2.24) is 0 Å². The van der Waals surface area contributed by atoms with E-state index in [9.17, 15) is 4.79 Å². The molecule has 2 aromatic rings. The van der Waals surface area contributed by atoms with E-state index >= 15 is 0 Å². The van der Waals surface area contributed by atoms with Gasteiger partial charge in [0, 0.05) is 10.9 Å². The van der Waals surface area contributed by atoms with Crippen LogP contribution in [0.3, 0.4) is 0 Å². The van der Waals surface area contributed by atoms with Crippen LogP contribution in [-0.2, 0) is 0 Å². The Morgan fingerprint density at radius 3 is 2.78 bits per heavy atom. The minimum atomic E-state index is 0.0806. The molecular formula is C16H16O2. The van der Waals surface area contributed by atoms with Gasteiger partial charge in [-0.25, -0.2) is 0 Å². The van der Waals surface area contributed by atoms with Crippen LogP contribution in [-0.4, -0.2) is 12.4 Å². The molecular weight excluding hydrogens is 224 g/mol. The maximum Gasteiger partial charge on any atom is 0.159 e. The van der Waals surface area contributed by atoms with Gasteiger partial charge >= 0.3 is 0 Å². The highest BCUT2D eigenvalue weighted by Crippen LogP contribution is 2.32. The number of Topliss-reactive ketones (excluding diaryl/α,β-unsaturated/α-hetero) is 1. The maximum absolute atomic E-state index is 11.5. The second-order valence-electron chi connectivity index (χ2n) is 5.01. The molecule has 1 saturated carbocycles. The Morgan fingerprint density at radius 2 is 2.06 bits per heavy atom. The van der Waals surface area contributed by atoms with Gasteiger partial charge in [-0.2, -0.15) is 0 Å². The lowest BCUT2D eigenvalue weighted by atomic mass is 10.0. The Morgan fingerprint density at radius 1 is 1.28 bits per heavy atom. The van der Waals surface area contributed by atoms with E-state index in [4.69, 9.17) is 4.74 Å². The third-order valence-corrected chi connectivity index (χ3v) is 3.40. The first-order chi connectivity index (χ1) is 8.74. The molecule has 0 radical (unpaired) electrons. The number of hydrogen-bond donors (Lipinski definition) is 0. The maximum atomic E-state index is 11.5. The number of carbonyl (C=O) groups is 1. The molecule has 1 aliphatic rings. The molecule has 0 aliphatic heterocycles. The molecule has 0 heterocycles. The average Bonchev–Trinajstić information content (AvgIpc) is 3.19. The van der Waals surface area contributed by atoms with E-state index < -0.39 is 0 Å². The van der Waals surface area contributed by atoms with Crippen LogP contribution >= 0.6 is 0 Å². The first-order valence-electron chi connectivity index (χ1n) is 6.40. The predicted octanol–water partition coefficient (Wildman–Crippen LogP) is 3.83. The standard InChI is InChI=1S/C16H16O2/c1-11(17)14-8-13-4-2-3-5-15(13)16(9-14)18-10-12-6-7-12/h2-5,8-9,12H,6-7,10H2,1H3. The topological polar surface area (TPSA) is 26.3 Å². The van der Waals surface area contributed by atoms with Crippen LogP contribution in [0.2, 0.25) is 0 Å². The van der Waals surface area contributed by atoms with Gasteiger partial charge in [-0.3, -0.25) is 4.79 Å². The molecule has 92 valence electrons. The third kappa shape index (κ3) is 2.23. The molecule has 0 bridgehead atoms. The summed E-state index contributed by atoms with van der Waals surface area (Å²) in [6.07, 6.45) is 2.54. The van der Waals surface area contributed by atoms with Crippen molar-refractivity contribution in [2.24, 2.45) is 5.92 Å². The number of rotatable bonds is 4. The van der Waals surface area contributed by atoms with Gasteiger partial charge in [0.15, 0.2) is 5.78 Å². The predicted molar refractivity (Wildman–Crippen MR) is 72.2 cm³/mol. The van der Waals surface area contributed by atoms with E-state index in [0.717, 1.165) is 28.7 Å².